The molecular weight excluding hydrogens is 260 g/mol. The maximum atomic E-state index is 12.4. The third-order valence-electron chi connectivity index (χ3n) is 4.22. The third kappa shape index (κ3) is 3.64. The van der Waals surface area contributed by atoms with Gasteiger partial charge in [-0.1, -0.05) is 0 Å². The predicted octanol–water partition coefficient (Wildman–Crippen LogP) is 1.06. The highest BCUT2D eigenvalue weighted by Crippen LogP contribution is 2.33. The van der Waals surface area contributed by atoms with Gasteiger partial charge in [-0.05, 0) is 25.0 Å². The number of ether oxygens (including phenoxy) is 1. The van der Waals surface area contributed by atoms with Crippen LogP contribution < -0.4 is 0 Å². The summed E-state index contributed by atoms with van der Waals surface area (Å²) in [7, 11) is 0. The molecule has 1 aliphatic carbocycles. The molecule has 1 atom stereocenters. The van der Waals surface area contributed by atoms with Crippen molar-refractivity contribution in [2.75, 3.05) is 50.9 Å². The van der Waals surface area contributed by atoms with E-state index in [1.807, 2.05) is 11.8 Å². The van der Waals surface area contributed by atoms with E-state index in [0.717, 1.165) is 64.4 Å². The monoisotopic (exact) mass is 284 g/mol. The van der Waals surface area contributed by atoms with Crippen LogP contribution in [0.5, 0.6) is 0 Å². The van der Waals surface area contributed by atoms with E-state index < -0.39 is 0 Å². The lowest BCUT2D eigenvalue weighted by molar-refractivity contribution is -0.135. The van der Waals surface area contributed by atoms with Crippen LogP contribution in [-0.2, 0) is 9.53 Å². The number of carbonyl (C=O) groups is 1. The van der Waals surface area contributed by atoms with Crippen LogP contribution in [0.1, 0.15) is 19.3 Å². The first-order valence-corrected chi connectivity index (χ1v) is 8.68. The highest BCUT2D eigenvalue weighted by Gasteiger charge is 2.37. The highest BCUT2D eigenvalue weighted by molar-refractivity contribution is 7.99. The van der Waals surface area contributed by atoms with Crippen molar-refractivity contribution in [3.8, 4) is 0 Å². The summed E-state index contributed by atoms with van der Waals surface area (Å²) in [5.74, 6) is 3.10. The molecule has 3 rings (SSSR count). The summed E-state index contributed by atoms with van der Waals surface area (Å²) in [4.78, 5) is 17.1. The molecular formula is C14H24N2O2S. The van der Waals surface area contributed by atoms with E-state index in [2.05, 4.69) is 9.80 Å². The van der Waals surface area contributed by atoms with E-state index in [0.29, 0.717) is 17.9 Å². The molecule has 0 aromatic rings. The second kappa shape index (κ2) is 6.46. The first-order chi connectivity index (χ1) is 9.34. The van der Waals surface area contributed by atoms with Gasteiger partial charge in [0.05, 0.1) is 19.3 Å². The number of hydrogen-bond donors (Lipinski definition) is 0. The lowest BCUT2D eigenvalue weighted by Crippen LogP contribution is -2.50. The predicted molar refractivity (Wildman–Crippen MR) is 77.4 cm³/mol. The van der Waals surface area contributed by atoms with Gasteiger partial charge in [0.15, 0.2) is 0 Å². The lowest BCUT2D eigenvalue weighted by Gasteiger charge is -2.35. The fraction of sp³-hybridized carbons (Fsp3) is 0.929. The maximum Gasteiger partial charge on any atom is 0.226 e. The lowest BCUT2D eigenvalue weighted by atomic mass is 10.2. The molecule has 0 aromatic carbocycles. The van der Waals surface area contributed by atoms with Crippen LogP contribution >= 0.6 is 11.8 Å². The Hall–Kier alpha value is -0.260. The summed E-state index contributed by atoms with van der Waals surface area (Å²) >= 11 is 2.01. The molecule has 1 saturated carbocycles. The van der Waals surface area contributed by atoms with Crippen LogP contribution in [0.3, 0.4) is 0 Å². The van der Waals surface area contributed by atoms with Crippen LogP contribution in [0.2, 0.25) is 0 Å². The molecule has 4 nitrogen and oxygen atoms in total. The van der Waals surface area contributed by atoms with E-state index in [4.69, 9.17) is 4.74 Å². The molecule has 5 heteroatoms. The van der Waals surface area contributed by atoms with E-state index in [1.165, 1.54) is 5.75 Å². The molecule has 0 aromatic heterocycles. The zero-order valence-corrected chi connectivity index (χ0v) is 12.4. The second-order valence-corrected chi connectivity index (χ2v) is 6.95. The fourth-order valence-electron chi connectivity index (χ4n) is 2.92. The van der Waals surface area contributed by atoms with Crippen LogP contribution in [-0.4, -0.2) is 72.6 Å². The molecule has 0 N–H and O–H groups in total. The number of nitrogens with zero attached hydrogens (tertiary/aromatic N) is 2. The van der Waals surface area contributed by atoms with Gasteiger partial charge >= 0.3 is 0 Å². The topological polar surface area (TPSA) is 32.8 Å². The number of morpholine rings is 1. The van der Waals surface area contributed by atoms with Crippen molar-refractivity contribution in [3.63, 3.8) is 0 Å². The summed E-state index contributed by atoms with van der Waals surface area (Å²) in [6.45, 7) is 5.73. The van der Waals surface area contributed by atoms with Crippen LogP contribution in [0, 0.1) is 5.92 Å². The minimum absolute atomic E-state index is 0.357. The number of amides is 1. The van der Waals surface area contributed by atoms with Crippen LogP contribution in [0.25, 0.3) is 0 Å². The first kappa shape index (κ1) is 13.7. The summed E-state index contributed by atoms with van der Waals surface area (Å²) < 4.78 is 5.41. The van der Waals surface area contributed by atoms with Gasteiger partial charge in [0, 0.05) is 37.8 Å². The zero-order chi connectivity index (χ0) is 13.1. The highest BCUT2D eigenvalue weighted by atomic mass is 32.2. The van der Waals surface area contributed by atoms with Crippen LogP contribution in [0.15, 0.2) is 0 Å². The molecule has 1 amide bonds. The van der Waals surface area contributed by atoms with Crippen molar-refractivity contribution in [3.05, 3.63) is 0 Å². The Morgan fingerprint density at radius 2 is 2.00 bits per heavy atom. The van der Waals surface area contributed by atoms with Crippen molar-refractivity contribution >= 4 is 17.7 Å². The van der Waals surface area contributed by atoms with Crippen molar-refractivity contribution in [1.29, 1.82) is 0 Å². The number of thioether (sulfide) groups is 1. The zero-order valence-electron chi connectivity index (χ0n) is 11.6. The molecule has 19 heavy (non-hydrogen) atoms. The van der Waals surface area contributed by atoms with E-state index in [-0.39, 0.29) is 0 Å². The molecule has 0 spiro atoms. The van der Waals surface area contributed by atoms with E-state index in [9.17, 15) is 4.79 Å². The minimum atomic E-state index is 0.357. The smallest absolute Gasteiger partial charge is 0.226 e. The first-order valence-electron chi connectivity index (χ1n) is 7.53. The van der Waals surface area contributed by atoms with Gasteiger partial charge < -0.3 is 9.64 Å². The number of hydrogen-bond acceptors (Lipinski definition) is 4. The molecule has 0 bridgehead atoms. The average Bonchev–Trinajstić information content (AvgIpc) is 3.27. The molecule has 2 aliphatic heterocycles. The Morgan fingerprint density at radius 3 is 2.74 bits per heavy atom. The Morgan fingerprint density at radius 1 is 1.21 bits per heavy atom. The van der Waals surface area contributed by atoms with Gasteiger partial charge in [-0.3, -0.25) is 9.69 Å². The second-order valence-electron chi connectivity index (χ2n) is 5.80. The largest absolute Gasteiger partial charge is 0.379 e. The van der Waals surface area contributed by atoms with Gasteiger partial charge in [-0.2, -0.15) is 11.8 Å². The van der Waals surface area contributed by atoms with Crippen molar-refractivity contribution in [1.82, 2.24) is 9.80 Å². The molecule has 0 unspecified atom stereocenters. The molecule has 2 heterocycles. The normalized spacial score (nSPS) is 30.1. The molecule has 2 saturated heterocycles. The summed E-state index contributed by atoms with van der Waals surface area (Å²) in [5, 5.41) is 0. The minimum Gasteiger partial charge on any atom is -0.379 e. The summed E-state index contributed by atoms with van der Waals surface area (Å²) in [5.41, 5.74) is 0. The van der Waals surface area contributed by atoms with Gasteiger partial charge in [0.25, 0.3) is 0 Å². The number of carbonyl (C=O) groups excluding carboxylic acids is 1. The Bertz CT molecular complexity index is 317. The summed E-state index contributed by atoms with van der Waals surface area (Å²) in [6.07, 6.45) is 3.39. The standard InChI is InChI=1S/C14H24N2O2S/c17-14(12-2-3-12)16-4-1-9-19-11-13(16)10-15-5-7-18-8-6-15/h12-13H,1-11H2/t13-/m0/s1. The van der Waals surface area contributed by atoms with Gasteiger partial charge in [-0.15, -0.1) is 0 Å². The maximum absolute atomic E-state index is 12.4. The number of rotatable bonds is 3. The SMILES string of the molecule is O=C(C1CC1)N1CCCSC[C@@H]1CN1CCOCC1. The van der Waals surface area contributed by atoms with E-state index >= 15 is 0 Å². The molecule has 0 radical (unpaired) electrons. The van der Waals surface area contributed by atoms with Crippen molar-refractivity contribution in [2.45, 2.75) is 25.3 Å². The van der Waals surface area contributed by atoms with Crippen molar-refractivity contribution in [2.24, 2.45) is 5.92 Å². The van der Waals surface area contributed by atoms with E-state index in [1.54, 1.807) is 0 Å². The van der Waals surface area contributed by atoms with Gasteiger partial charge in [0.2, 0.25) is 5.91 Å². The Labute approximate surface area is 119 Å². The van der Waals surface area contributed by atoms with Crippen LogP contribution in [0.4, 0.5) is 0 Å². The fourth-order valence-corrected chi connectivity index (χ4v) is 3.97. The molecule has 108 valence electrons. The molecule has 3 fully saturated rings. The Kier molecular flexibility index (Phi) is 4.66. The average molecular weight is 284 g/mol. The van der Waals surface area contributed by atoms with Crippen molar-refractivity contribution < 1.29 is 9.53 Å². The van der Waals surface area contributed by atoms with Gasteiger partial charge in [-0.25, -0.2) is 0 Å². The molecule has 3 aliphatic rings. The quantitative estimate of drug-likeness (QED) is 0.776. The third-order valence-corrected chi connectivity index (χ3v) is 5.42. The summed E-state index contributed by atoms with van der Waals surface area (Å²) in [6, 6.07) is 0.415. The van der Waals surface area contributed by atoms with Gasteiger partial charge in [0.1, 0.15) is 0 Å². The Balaban J connectivity index is 1.61.